The molecule has 3 rings (SSSR count). The molecule has 0 fully saturated rings. The van der Waals surface area contributed by atoms with Crippen LogP contribution in [0.1, 0.15) is 15.9 Å². The summed E-state index contributed by atoms with van der Waals surface area (Å²) in [6.07, 6.45) is 1.23. The molecule has 5 heteroatoms. The Morgan fingerprint density at radius 1 is 1.33 bits per heavy atom. The van der Waals surface area contributed by atoms with Gasteiger partial charge in [0.1, 0.15) is 30.0 Å². The number of benzene rings is 2. The predicted molar refractivity (Wildman–Crippen MR) is 79.5 cm³/mol. The SMILES string of the molecule is O=Cc1cc(OCC2Cc3cc(F)ccc3O2)ccc1Br. The highest BCUT2D eigenvalue weighted by Gasteiger charge is 2.23. The molecule has 1 heterocycles. The molecule has 1 unspecified atom stereocenters. The molecule has 0 amide bonds. The van der Waals surface area contributed by atoms with Gasteiger partial charge in [-0.15, -0.1) is 0 Å². The van der Waals surface area contributed by atoms with E-state index in [2.05, 4.69) is 15.9 Å². The van der Waals surface area contributed by atoms with Crippen molar-refractivity contribution in [3.63, 3.8) is 0 Å². The number of carbonyl (C=O) groups is 1. The Balaban J connectivity index is 1.63. The molecule has 2 aromatic carbocycles. The van der Waals surface area contributed by atoms with E-state index >= 15 is 0 Å². The molecule has 0 radical (unpaired) electrons. The second-order valence-electron chi connectivity index (χ2n) is 4.81. The molecule has 0 spiro atoms. The van der Waals surface area contributed by atoms with Gasteiger partial charge >= 0.3 is 0 Å². The highest BCUT2D eigenvalue weighted by molar-refractivity contribution is 9.10. The summed E-state index contributed by atoms with van der Waals surface area (Å²) in [7, 11) is 0. The van der Waals surface area contributed by atoms with Crippen molar-refractivity contribution < 1.29 is 18.7 Å². The largest absolute Gasteiger partial charge is 0.490 e. The van der Waals surface area contributed by atoms with E-state index in [1.165, 1.54) is 12.1 Å². The second kappa shape index (κ2) is 5.85. The first-order chi connectivity index (χ1) is 10.2. The molecule has 1 aliphatic heterocycles. The average Bonchev–Trinajstić information content (AvgIpc) is 2.88. The molecule has 3 nitrogen and oxygen atoms in total. The number of hydrogen-bond donors (Lipinski definition) is 0. The van der Waals surface area contributed by atoms with Crippen LogP contribution in [0.2, 0.25) is 0 Å². The van der Waals surface area contributed by atoms with Crippen LogP contribution in [0, 0.1) is 5.82 Å². The van der Waals surface area contributed by atoms with E-state index in [1.54, 1.807) is 24.3 Å². The smallest absolute Gasteiger partial charge is 0.151 e. The van der Waals surface area contributed by atoms with Crippen molar-refractivity contribution in [3.8, 4) is 11.5 Å². The van der Waals surface area contributed by atoms with Crippen LogP contribution in [0.4, 0.5) is 4.39 Å². The molecule has 0 saturated carbocycles. The predicted octanol–water partition coefficient (Wildman–Crippen LogP) is 3.78. The lowest BCUT2D eigenvalue weighted by molar-refractivity contribution is 0.112. The molecule has 1 aliphatic rings. The van der Waals surface area contributed by atoms with Crippen molar-refractivity contribution >= 4 is 22.2 Å². The topological polar surface area (TPSA) is 35.5 Å². The Kier molecular flexibility index (Phi) is 3.92. The molecule has 0 saturated heterocycles. The zero-order chi connectivity index (χ0) is 14.8. The van der Waals surface area contributed by atoms with Gasteiger partial charge in [-0.25, -0.2) is 4.39 Å². The summed E-state index contributed by atoms with van der Waals surface area (Å²) >= 11 is 3.29. The van der Waals surface area contributed by atoms with Crippen LogP contribution in [0.3, 0.4) is 0 Å². The lowest BCUT2D eigenvalue weighted by atomic mass is 10.1. The standard InChI is InChI=1S/C16H12BrFO3/c17-15-3-2-13(7-11(15)8-19)20-9-14-6-10-5-12(18)1-4-16(10)21-14/h1-5,7-8,14H,6,9H2. The van der Waals surface area contributed by atoms with Crippen molar-refractivity contribution in [1.29, 1.82) is 0 Å². The van der Waals surface area contributed by atoms with Gasteiger partial charge in [-0.05, 0) is 36.4 Å². The highest BCUT2D eigenvalue weighted by Crippen LogP contribution is 2.30. The van der Waals surface area contributed by atoms with E-state index in [0.717, 1.165) is 16.3 Å². The maximum atomic E-state index is 13.1. The van der Waals surface area contributed by atoms with Gasteiger partial charge in [-0.2, -0.15) is 0 Å². The van der Waals surface area contributed by atoms with Gasteiger partial charge in [0.2, 0.25) is 0 Å². The van der Waals surface area contributed by atoms with Crippen molar-refractivity contribution in [1.82, 2.24) is 0 Å². The van der Waals surface area contributed by atoms with Gasteiger partial charge in [-0.3, -0.25) is 4.79 Å². The lowest BCUT2D eigenvalue weighted by Gasteiger charge is -2.13. The fraction of sp³-hybridized carbons (Fsp3) is 0.188. The maximum Gasteiger partial charge on any atom is 0.151 e. The highest BCUT2D eigenvalue weighted by atomic mass is 79.9. The quantitative estimate of drug-likeness (QED) is 0.787. The normalized spacial score (nSPS) is 16.2. The molecule has 21 heavy (non-hydrogen) atoms. The lowest BCUT2D eigenvalue weighted by Crippen LogP contribution is -2.22. The van der Waals surface area contributed by atoms with E-state index in [-0.39, 0.29) is 11.9 Å². The van der Waals surface area contributed by atoms with Crippen molar-refractivity contribution in [2.75, 3.05) is 6.61 Å². The fourth-order valence-electron chi connectivity index (χ4n) is 2.27. The van der Waals surface area contributed by atoms with E-state index in [4.69, 9.17) is 9.47 Å². The number of carbonyl (C=O) groups excluding carboxylic acids is 1. The van der Waals surface area contributed by atoms with Crippen LogP contribution in [0.25, 0.3) is 0 Å². The molecule has 0 aromatic heterocycles. The van der Waals surface area contributed by atoms with Crippen molar-refractivity contribution in [2.45, 2.75) is 12.5 Å². The zero-order valence-corrected chi connectivity index (χ0v) is 12.6. The number of rotatable bonds is 4. The zero-order valence-electron chi connectivity index (χ0n) is 11.0. The number of ether oxygens (including phenoxy) is 2. The van der Waals surface area contributed by atoms with E-state index < -0.39 is 0 Å². The average molecular weight is 351 g/mol. The minimum atomic E-state index is -0.262. The third-order valence-electron chi connectivity index (χ3n) is 3.29. The molecule has 1 atom stereocenters. The van der Waals surface area contributed by atoms with Gasteiger partial charge in [0.05, 0.1) is 0 Å². The molecule has 2 aromatic rings. The van der Waals surface area contributed by atoms with Crippen LogP contribution in [0.5, 0.6) is 11.5 Å². The molecule has 0 aliphatic carbocycles. The van der Waals surface area contributed by atoms with Gasteiger partial charge in [0.25, 0.3) is 0 Å². The Hall–Kier alpha value is -1.88. The Morgan fingerprint density at radius 3 is 3.00 bits per heavy atom. The number of hydrogen-bond acceptors (Lipinski definition) is 3. The maximum absolute atomic E-state index is 13.1. The summed E-state index contributed by atoms with van der Waals surface area (Å²) < 4.78 is 25.2. The summed E-state index contributed by atoms with van der Waals surface area (Å²) in [6.45, 7) is 0.343. The minimum Gasteiger partial charge on any atom is -0.490 e. The number of fused-ring (bicyclic) bond motifs is 1. The van der Waals surface area contributed by atoms with E-state index in [9.17, 15) is 9.18 Å². The van der Waals surface area contributed by atoms with Crippen LogP contribution >= 0.6 is 15.9 Å². The Morgan fingerprint density at radius 2 is 2.19 bits per heavy atom. The molecule has 0 bridgehead atoms. The monoisotopic (exact) mass is 350 g/mol. The molecule has 0 N–H and O–H groups in total. The Bertz CT molecular complexity index is 687. The van der Waals surface area contributed by atoms with E-state index in [1.807, 2.05) is 0 Å². The summed E-state index contributed by atoms with van der Waals surface area (Å²) in [4.78, 5) is 10.9. The molecular formula is C16H12BrFO3. The van der Waals surface area contributed by atoms with Gasteiger partial charge < -0.3 is 9.47 Å². The van der Waals surface area contributed by atoms with Crippen LogP contribution in [-0.4, -0.2) is 19.0 Å². The van der Waals surface area contributed by atoms with Crippen LogP contribution in [-0.2, 0) is 6.42 Å². The Labute approximate surface area is 129 Å². The first-order valence-electron chi connectivity index (χ1n) is 6.48. The van der Waals surface area contributed by atoms with Crippen LogP contribution in [0.15, 0.2) is 40.9 Å². The summed E-state index contributed by atoms with van der Waals surface area (Å²) in [5, 5.41) is 0. The summed E-state index contributed by atoms with van der Waals surface area (Å²) in [5.41, 5.74) is 1.39. The van der Waals surface area contributed by atoms with Gasteiger partial charge in [0.15, 0.2) is 6.29 Å². The minimum absolute atomic E-state index is 0.148. The second-order valence-corrected chi connectivity index (χ2v) is 5.66. The van der Waals surface area contributed by atoms with Gasteiger partial charge in [-0.1, -0.05) is 15.9 Å². The third-order valence-corrected chi connectivity index (χ3v) is 4.02. The van der Waals surface area contributed by atoms with Gasteiger partial charge in [0, 0.05) is 22.0 Å². The fourth-order valence-corrected chi connectivity index (χ4v) is 2.61. The van der Waals surface area contributed by atoms with Crippen LogP contribution < -0.4 is 9.47 Å². The number of aldehydes is 1. The van der Waals surface area contributed by atoms with Crippen molar-refractivity contribution in [2.24, 2.45) is 0 Å². The molecular weight excluding hydrogens is 339 g/mol. The van der Waals surface area contributed by atoms with Crippen molar-refractivity contribution in [3.05, 3.63) is 57.8 Å². The first-order valence-corrected chi connectivity index (χ1v) is 7.27. The third kappa shape index (κ3) is 3.08. The first kappa shape index (κ1) is 14.1. The van der Waals surface area contributed by atoms with E-state index in [0.29, 0.717) is 30.1 Å². The number of halogens is 2. The summed E-state index contributed by atoms with van der Waals surface area (Å²) in [5.74, 6) is 1.04. The summed E-state index contributed by atoms with van der Waals surface area (Å²) in [6, 6.07) is 9.71. The molecule has 108 valence electrons.